The van der Waals surface area contributed by atoms with Crippen molar-refractivity contribution in [3.63, 3.8) is 0 Å². The standard InChI is InChI=1S/C23H24ClN3O2S/c1-3-12-27-22(29)19-11-10-18(24)13-20(19)26-23(27)30-15-21(28)25-14-16(4-2)17-8-6-5-7-9-17/h3,5-11,13,16H,1,4,12,14-15H2,2H3,(H,25,28)/t16-/m1/s1. The normalized spacial score (nSPS) is 11.9. The average Bonchev–Trinajstić information content (AvgIpc) is 2.75. The first kappa shape index (κ1) is 22.1. The molecule has 0 fully saturated rings. The van der Waals surface area contributed by atoms with Gasteiger partial charge in [0.1, 0.15) is 0 Å². The van der Waals surface area contributed by atoms with Gasteiger partial charge in [-0.05, 0) is 30.2 Å². The van der Waals surface area contributed by atoms with Crippen LogP contribution in [0.15, 0.2) is 71.1 Å². The molecule has 5 nitrogen and oxygen atoms in total. The fraction of sp³-hybridized carbons (Fsp3) is 0.261. The van der Waals surface area contributed by atoms with Crippen molar-refractivity contribution in [2.45, 2.75) is 31.0 Å². The lowest BCUT2D eigenvalue weighted by atomic mass is 9.96. The van der Waals surface area contributed by atoms with E-state index in [-0.39, 0.29) is 23.1 Å². The first-order chi connectivity index (χ1) is 14.5. The highest BCUT2D eigenvalue weighted by atomic mass is 35.5. The Labute approximate surface area is 185 Å². The van der Waals surface area contributed by atoms with Gasteiger partial charge in [-0.1, -0.05) is 66.7 Å². The Morgan fingerprint density at radius 3 is 2.77 bits per heavy atom. The maximum atomic E-state index is 12.8. The molecule has 1 N–H and O–H groups in total. The van der Waals surface area contributed by atoms with Gasteiger partial charge in [0.05, 0.1) is 16.7 Å². The van der Waals surface area contributed by atoms with E-state index < -0.39 is 0 Å². The van der Waals surface area contributed by atoms with Crippen LogP contribution in [0.5, 0.6) is 0 Å². The third kappa shape index (κ3) is 5.32. The van der Waals surface area contributed by atoms with Crippen LogP contribution in [0.1, 0.15) is 24.8 Å². The Balaban J connectivity index is 1.71. The summed E-state index contributed by atoms with van der Waals surface area (Å²) in [5.74, 6) is 0.334. The third-order valence-electron chi connectivity index (χ3n) is 4.84. The fourth-order valence-electron chi connectivity index (χ4n) is 3.22. The molecule has 2 aromatic carbocycles. The number of amides is 1. The van der Waals surface area contributed by atoms with Gasteiger partial charge in [-0.3, -0.25) is 14.2 Å². The summed E-state index contributed by atoms with van der Waals surface area (Å²) in [4.78, 5) is 29.8. The second-order valence-electron chi connectivity index (χ2n) is 6.87. The summed E-state index contributed by atoms with van der Waals surface area (Å²) in [6.45, 7) is 6.71. The van der Waals surface area contributed by atoms with Crippen LogP contribution in [-0.2, 0) is 11.3 Å². The monoisotopic (exact) mass is 441 g/mol. The Kier molecular flexibility index (Phi) is 7.71. The van der Waals surface area contributed by atoms with E-state index in [9.17, 15) is 9.59 Å². The topological polar surface area (TPSA) is 64.0 Å². The van der Waals surface area contributed by atoms with Crippen LogP contribution in [0.3, 0.4) is 0 Å². The lowest BCUT2D eigenvalue weighted by Gasteiger charge is -2.16. The smallest absolute Gasteiger partial charge is 0.262 e. The van der Waals surface area contributed by atoms with E-state index in [1.54, 1.807) is 24.3 Å². The number of nitrogens with zero attached hydrogens (tertiary/aromatic N) is 2. The molecule has 1 amide bonds. The van der Waals surface area contributed by atoms with E-state index >= 15 is 0 Å². The Hall–Kier alpha value is -2.57. The fourth-order valence-corrected chi connectivity index (χ4v) is 4.22. The maximum absolute atomic E-state index is 12.8. The minimum atomic E-state index is -0.172. The first-order valence-corrected chi connectivity index (χ1v) is 11.1. The van der Waals surface area contributed by atoms with Crippen LogP contribution in [0, 0.1) is 0 Å². The van der Waals surface area contributed by atoms with Crippen molar-refractivity contribution >= 4 is 40.2 Å². The number of carbonyl (C=O) groups excluding carboxylic acids is 1. The van der Waals surface area contributed by atoms with Crippen LogP contribution in [-0.4, -0.2) is 27.8 Å². The third-order valence-corrected chi connectivity index (χ3v) is 6.05. The molecule has 30 heavy (non-hydrogen) atoms. The molecule has 1 aromatic heterocycles. The zero-order chi connectivity index (χ0) is 21.5. The van der Waals surface area contributed by atoms with Crippen LogP contribution in [0.4, 0.5) is 0 Å². The molecular formula is C23H24ClN3O2S. The predicted octanol–water partition coefficient (Wildman–Crippen LogP) is 4.64. The summed E-state index contributed by atoms with van der Waals surface area (Å²) in [5.41, 5.74) is 1.56. The van der Waals surface area contributed by atoms with Gasteiger partial charge in [-0.2, -0.15) is 0 Å². The molecule has 0 aliphatic heterocycles. The molecule has 1 atom stereocenters. The van der Waals surface area contributed by atoms with E-state index in [0.29, 0.717) is 34.2 Å². The molecule has 0 aliphatic rings. The molecule has 0 radical (unpaired) electrons. The van der Waals surface area contributed by atoms with Crippen molar-refractivity contribution in [2.75, 3.05) is 12.3 Å². The van der Waals surface area contributed by atoms with Gasteiger partial charge in [0.15, 0.2) is 5.16 Å². The molecule has 0 spiro atoms. The molecule has 0 saturated heterocycles. The van der Waals surface area contributed by atoms with Gasteiger partial charge in [0, 0.05) is 24.0 Å². The molecule has 0 saturated carbocycles. The molecule has 1 heterocycles. The van der Waals surface area contributed by atoms with Crippen molar-refractivity contribution in [2.24, 2.45) is 0 Å². The van der Waals surface area contributed by atoms with Gasteiger partial charge in [0.25, 0.3) is 5.56 Å². The summed E-state index contributed by atoms with van der Waals surface area (Å²) < 4.78 is 1.53. The predicted molar refractivity (Wildman–Crippen MR) is 124 cm³/mol. The highest BCUT2D eigenvalue weighted by Crippen LogP contribution is 2.21. The molecule has 0 bridgehead atoms. The number of carbonyl (C=O) groups is 1. The van der Waals surface area contributed by atoms with Crippen molar-refractivity contribution in [3.05, 3.63) is 82.1 Å². The van der Waals surface area contributed by atoms with E-state index in [4.69, 9.17) is 11.6 Å². The van der Waals surface area contributed by atoms with Crippen LogP contribution < -0.4 is 10.9 Å². The van der Waals surface area contributed by atoms with E-state index in [1.807, 2.05) is 18.2 Å². The second-order valence-corrected chi connectivity index (χ2v) is 8.25. The van der Waals surface area contributed by atoms with Crippen LogP contribution in [0.2, 0.25) is 5.02 Å². The molecule has 7 heteroatoms. The zero-order valence-corrected chi connectivity index (χ0v) is 18.4. The number of hydrogen-bond donors (Lipinski definition) is 1. The van der Waals surface area contributed by atoms with Crippen LogP contribution >= 0.6 is 23.4 Å². The minimum absolute atomic E-state index is 0.0972. The van der Waals surface area contributed by atoms with Gasteiger partial charge in [0.2, 0.25) is 5.91 Å². The van der Waals surface area contributed by atoms with Crippen molar-refractivity contribution in [1.29, 1.82) is 0 Å². The molecular weight excluding hydrogens is 418 g/mol. The molecule has 3 rings (SSSR count). The number of hydrogen-bond acceptors (Lipinski definition) is 4. The summed E-state index contributed by atoms with van der Waals surface area (Å²) >= 11 is 7.28. The van der Waals surface area contributed by atoms with Crippen molar-refractivity contribution < 1.29 is 4.79 Å². The first-order valence-electron chi connectivity index (χ1n) is 9.79. The number of benzene rings is 2. The number of fused-ring (bicyclic) bond motifs is 1. The Morgan fingerprint density at radius 1 is 1.30 bits per heavy atom. The van der Waals surface area contributed by atoms with E-state index in [0.717, 1.165) is 6.42 Å². The Morgan fingerprint density at radius 2 is 2.07 bits per heavy atom. The highest BCUT2D eigenvalue weighted by Gasteiger charge is 2.14. The summed E-state index contributed by atoms with van der Waals surface area (Å²) in [5, 5.41) is 4.47. The van der Waals surface area contributed by atoms with Gasteiger partial charge >= 0.3 is 0 Å². The molecule has 0 unspecified atom stereocenters. The van der Waals surface area contributed by atoms with E-state index in [2.05, 4.69) is 35.9 Å². The lowest BCUT2D eigenvalue weighted by Crippen LogP contribution is -2.30. The SMILES string of the molecule is C=CCn1c(SCC(=O)NC[C@@H](CC)c2ccccc2)nc2cc(Cl)ccc2c1=O. The zero-order valence-electron chi connectivity index (χ0n) is 16.8. The largest absolute Gasteiger partial charge is 0.355 e. The molecule has 156 valence electrons. The Bertz CT molecular complexity index is 1100. The highest BCUT2D eigenvalue weighted by molar-refractivity contribution is 7.99. The van der Waals surface area contributed by atoms with Gasteiger partial charge in [-0.25, -0.2) is 4.98 Å². The van der Waals surface area contributed by atoms with Crippen molar-refractivity contribution in [3.8, 4) is 0 Å². The number of allylic oxidation sites excluding steroid dienone is 1. The maximum Gasteiger partial charge on any atom is 0.262 e. The van der Waals surface area contributed by atoms with Crippen LogP contribution in [0.25, 0.3) is 10.9 Å². The average molecular weight is 442 g/mol. The summed E-state index contributed by atoms with van der Waals surface area (Å²) in [7, 11) is 0. The number of thioether (sulfide) groups is 1. The quantitative estimate of drug-likeness (QED) is 0.298. The number of nitrogens with one attached hydrogen (secondary N) is 1. The molecule has 3 aromatic rings. The number of rotatable bonds is 9. The second kappa shape index (κ2) is 10.5. The lowest BCUT2D eigenvalue weighted by molar-refractivity contribution is -0.118. The van der Waals surface area contributed by atoms with Gasteiger partial charge < -0.3 is 5.32 Å². The van der Waals surface area contributed by atoms with E-state index in [1.165, 1.54) is 21.9 Å². The summed E-state index contributed by atoms with van der Waals surface area (Å²) in [6, 6.07) is 15.1. The summed E-state index contributed by atoms with van der Waals surface area (Å²) in [6.07, 6.45) is 2.57. The minimum Gasteiger partial charge on any atom is -0.355 e. The van der Waals surface area contributed by atoms with Gasteiger partial charge in [-0.15, -0.1) is 6.58 Å². The van der Waals surface area contributed by atoms with Crippen molar-refractivity contribution in [1.82, 2.24) is 14.9 Å². The molecule has 0 aliphatic carbocycles. The number of halogens is 1. The number of aromatic nitrogens is 2.